The normalized spacial score (nSPS) is 31.9. The van der Waals surface area contributed by atoms with E-state index in [1.807, 2.05) is 18.2 Å². The Bertz CT molecular complexity index is 602. The van der Waals surface area contributed by atoms with E-state index in [1.165, 1.54) is 0 Å². The minimum atomic E-state index is -0.786. The van der Waals surface area contributed by atoms with Crippen LogP contribution in [-0.2, 0) is 15.1 Å². The lowest BCUT2D eigenvalue weighted by molar-refractivity contribution is -0.184. The molecule has 0 spiro atoms. The van der Waals surface area contributed by atoms with Crippen LogP contribution in [0.1, 0.15) is 24.8 Å². The van der Waals surface area contributed by atoms with Crippen molar-refractivity contribution in [2.75, 3.05) is 66.1 Å². The third kappa shape index (κ3) is 4.58. The molecule has 156 valence electrons. The van der Waals surface area contributed by atoms with E-state index in [1.54, 1.807) is 0 Å². The summed E-state index contributed by atoms with van der Waals surface area (Å²) in [6, 6.07) is 10.4. The molecule has 3 aliphatic heterocycles. The van der Waals surface area contributed by atoms with Gasteiger partial charge in [-0.05, 0) is 25.5 Å². The topological polar surface area (TPSA) is 48.4 Å². The number of benzene rings is 1. The highest BCUT2D eigenvalue weighted by Gasteiger charge is 2.46. The van der Waals surface area contributed by atoms with Crippen molar-refractivity contribution < 1.29 is 14.6 Å². The second kappa shape index (κ2) is 9.20. The van der Waals surface area contributed by atoms with Crippen LogP contribution in [0.15, 0.2) is 30.3 Å². The highest BCUT2D eigenvalue weighted by molar-refractivity contribution is 5.26. The van der Waals surface area contributed by atoms with Crippen LogP contribution in [0, 0.1) is 0 Å². The van der Waals surface area contributed by atoms with Crippen LogP contribution in [-0.4, -0.2) is 98.2 Å². The van der Waals surface area contributed by atoms with Gasteiger partial charge in [0.05, 0.1) is 19.3 Å². The minimum absolute atomic E-state index is 0.0641. The Morgan fingerprint density at radius 2 is 1.75 bits per heavy atom. The van der Waals surface area contributed by atoms with Crippen molar-refractivity contribution in [3.8, 4) is 0 Å². The molecule has 0 aliphatic carbocycles. The Kier molecular flexibility index (Phi) is 6.66. The zero-order chi connectivity index (χ0) is 19.4. The zero-order valence-electron chi connectivity index (χ0n) is 17.1. The van der Waals surface area contributed by atoms with Crippen LogP contribution in [0.2, 0.25) is 0 Å². The summed E-state index contributed by atoms with van der Waals surface area (Å²) in [5.41, 5.74) is 0.267. The second-order valence-electron chi connectivity index (χ2n) is 8.51. The molecular formula is C22H35N3O3. The molecule has 4 rings (SSSR count). The number of ether oxygens (including phenoxy) is 2. The van der Waals surface area contributed by atoms with E-state index in [0.717, 1.165) is 83.9 Å². The third-order valence-corrected chi connectivity index (χ3v) is 6.62. The van der Waals surface area contributed by atoms with Gasteiger partial charge in [0.25, 0.3) is 0 Å². The Hall–Kier alpha value is -1.02. The number of piperidine rings is 1. The summed E-state index contributed by atoms with van der Waals surface area (Å²) in [6.45, 7) is 8.52. The SMILES string of the molecule is CN1CCN([C@@H]2CN(CCC3OCCCO3)CC[C@]2(O)c2ccccc2)CC1. The molecule has 1 aromatic carbocycles. The number of nitrogens with zero attached hydrogens (tertiary/aromatic N) is 3. The summed E-state index contributed by atoms with van der Waals surface area (Å²) in [5, 5.41) is 11.8. The van der Waals surface area contributed by atoms with E-state index in [0.29, 0.717) is 0 Å². The number of aliphatic hydroxyl groups is 1. The molecule has 0 saturated carbocycles. The van der Waals surface area contributed by atoms with E-state index in [-0.39, 0.29) is 12.3 Å². The summed E-state index contributed by atoms with van der Waals surface area (Å²) >= 11 is 0. The van der Waals surface area contributed by atoms with Crippen LogP contribution >= 0.6 is 0 Å². The first kappa shape index (κ1) is 20.3. The van der Waals surface area contributed by atoms with E-state index in [4.69, 9.17) is 9.47 Å². The summed E-state index contributed by atoms with van der Waals surface area (Å²) in [7, 11) is 2.18. The van der Waals surface area contributed by atoms with Crippen LogP contribution in [0.3, 0.4) is 0 Å². The molecule has 0 aromatic heterocycles. The number of likely N-dealkylation sites (N-methyl/N-ethyl adjacent to an activating group) is 1. The third-order valence-electron chi connectivity index (χ3n) is 6.62. The fourth-order valence-corrected chi connectivity index (χ4v) is 4.79. The van der Waals surface area contributed by atoms with Crippen molar-refractivity contribution in [2.24, 2.45) is 0 Å². The molecule has 6 nitrogen and oxygen atoms in total. The van der Waals surface area contributed by atoms with Gasteiger partial charge in [-0.1, -0.05) is 30.3 Å². The number of rotatable bonds is 5. The zero-order valence-corrected chi connectivity index (χ0v) is 17.1. The molecule has 3 aliphatic rings. The standard InChI is InChI=1S/C22H35N3O3/c1-23-12-14-25(15-13-23)20-18-24(10-8-21-27-16-5-17-28-21)11-9-22(20,26)19-6-3-2-4-7-19/h2-4,6-7,20-21,26H,5,8-18H2,1H3/t20-,22+/m1/s1. The molecule has 3 saturated heterocycles. The maximum absolute atomic E-state index is 11.8. The Labute approximate surface area is 169 Å². The van der Waals surface area contributed by atoms with Gasteiger partial charge in [0.2, 0.25) is 0 Å². The van der Waals surface area contributed by atoms with E-state index in [2.05, 4.69) is 33.9 Å². The molecule has 0 radical (unpaired) electrons. The number of hydrogen-bond donors (Lipinski definition) is 1. The predicted octanol–water partition coefficient (Wildman–Crippen LogP) is 1.35. The lowest BCUT2D eigenvalue weighted by atomic mass is 9.79. The predicted molar refractivity (Wildman–Crippen MR) is 109 cm³/mol. The van der Waals surface area contributed by atoms with Crippen molar-refractivity contribution in [3.05, 3.63) is 35.9 Å². The molecule has 3 heterocycles. The summed E-state index contributed by atoms with van der Waals surface area (Å²) < 4.78 is 11.4. The maximum atomic E-state index is 11.8. The molecule has 1 N–H and O–H groups in total. The summed E-state index contributed by atoms with van der Waals surface area (Å²) in [4.78, 5) is 7.37. The molecular weight excluding hydrogens is 354 g/mol. The molecule has 3 fully saturated rings. The molecule has 0 bridgehead atoms. The van der Waals surface area contributed by atoms with Crippen molar-refractivity contribution in [1.82, 2.24) is 14.7 Å². The average molecular weight is 390 g/mol. The van der Waals surface area contributed by atoms with Gasteiger partial charge in [0, 0.05) is 52.2 Å². The highest BCUT2D eigenvalue weighted by atomic mass is 16.7. The largest absolute Gasteiger partial charge is 0.383 e. The lowest BCUT2D eigenvalue weighted by Crippen LogP contribution is -2.63. The van der Waals surface area contributed by atoms with Crippen molar-refractivity contribution in [2.45, 2.75) is 37.2 Å². The number of likely N-dealkylation sites (tertiary alicyclic amines) is 1. The quantitative estimate of drug-likeness (QED) is 0.820. The highest BCUT2D eigenvalue weighted by Crippen LogP contribution is 2.36. The van der Waals surface area contributed by atoms with Crippen molar-refractivity contribution in [3.63, 3.8) is 0 Å². The van der Waals surface area contributed by atoms with Gasteiger partial charge in [-0.3, -0.25) is 4.90 Å². The molecule has 1 aromatic rings. The van der Waals surface area contributed by atoms with E-state index < -0.39 is 5.60 Å². The van der Waals surface area contributed by atoms with Gasteiger partial charge < -0.3 is 24.4 Å². The molecule has 0 amide bonds. The summed E-state index contributed by atoms with van der Waals surface area (Å²) in [6.07, 6.45) is 2.60. The van der Waals surface area contributed by atoms with Gasteiger partial charge >= 0.3 is 0 Å². The molecule has 6 heteroatoms. The summed E-state index contributed by atoms with van der Waals surface area (Å²) in [5.74, 6) is 0. The lowest BCUT2D eigenvalue weighted by Gasteiger charge is -2.51. The smallest absolute Gasteiger partial charge is 0.158 e. The fraction of sp³-hybridized carbons (Fsp3) is 0.727. The van der Waals surface area contributed by atoms with Crippen LogP contribution < -0.4 is 0 Å². The van der Waals surface area contributed by atoms with Crippen LogP contribution in [0.25, 0.3) is 0 Å². The fourth-order valence-electron chi connectivity index (χ4n) is 4.79. The molecule has 28 heavy (non-hydrogen) atoms. The monoisotopic (exact) mass is 389 g/mol. The number of hydrogen-bond acceptors (Lipinski definition) is 6. The molecule has 2 atom stereocenters. The Morgan fingerprint density at radius 3 is 2.46 bits per heavy atom. The van der Waals surface area contributed by atoms with Crippen LogP contribution in [0.5, 0.6) is 0 Å². The average Bonchev–Trinajstić information content (AvgIpc) is 2.75. The van der Waals surface area contributed by atoms with Gasteiger partial charge in [-0.25, -0.2) is 0 Å². The maximum Gasteiger partial charge on any atom is 0.158 e. The van der Waals surface area contributed by atoms with E-state index in [9.17, 15) is 5.11 Å². The van der Waals surface area contributed by atoms with E-state index >= 15 is 0 Å². The van der Waals surface area contributed by atoms with Crippen molar-refractivity contribution in [1.29, 1.82) is 0 Å². The van der Waals surface area contributed by atoms with Crippen LogP contribution in [0.4, 0.5) is 0 Å². The Balaban J connectivity index is 1.45. The first-order valence-electron chi connectivity index (χ1n) is 10.8. The first-order valence-corrected chi connectivity index (χ1v) is 10.8. The molecule has 0 unspecified atom stereocenters. The first-order chi connectivity index (χ1) is 13.6. The second-order valence-corrected chi connectivity index (χ2v) is 8.51. The van der Waals surface area contributed by atoms with Gasteiger partial charge in [-0.15, -0.1) is 0 Å². The van der Waals surface area contributed by atoms with Crippen molar-refractivity contribution >= 4 is 0 Å². The van der Waals surface area contributed by atoms with Gasteiger partial charge in [0.15, 0.2) is 6.29 Å². The Morgan fingerprint density at radius 1 is 1.04 bits per heavy atom. The van der Waals surface area contributed by atoms with Gasteiger partial charge in [-0.2, -0.15) is 0 Å². The minimum Gasteiger partial charge on any atom is -0.383 e. The number of piperazine rings is 1. The van der Waals surface area contributed by atoms with Gasteiger partial charge in [0.1, 0.15) is 5.60 Å².